The smallest absolute Gasteiger partial charge is 0.260 e. The quantitative estimate of drug-likeness (QED) is 0.367. The number of hydrogen-bond acceptors (Lipinski definition) is 8. The Morgan fingerprint density at radius 3 is 2.34 bits per heavy atom. The van der Waals surface area contributed by atoms with Crippen LogP contribution < -0.4 is 4.90 Å². The SMILES string of the molecule is Cl.O=C(c1ccc(S(=O)(=O)N2CCOCC2)cc1)N(CCCN1CCOCC1)c1nc2ccc(Br)cc2s1. The summed E-state index contributed by atoms with van der Waals surface area (Å²) in [7, 11) is -3.63. The molecule has 0 unspecified atom stereocenters. The van der Waals surface area contributed by atoms with Crippen molar-refractivity contribution in [1.82, 2.24) is 14.2 Å². The summed E-state index contributed by atoms with van der Waals surface area (Å²) < 4.78 is 40.1. The van der Waals surface area contributed by atoms with Gasteiger partial charge < -0.3 is 9.47 Å². The summed E-state index contributed by atoms with van der Waals surface area (Å²) in [6, 6.07) is 12.1. The molecule has 0 N–H and O–H groups in total. The number of morpholine rings is 2. The van der Waals surface area contributed by atoms with Gasteiger partial charge in [0.15, 0.2) is 5.13 Å². The number of sulfonamides is 1. The Bertz CT molecular complexity index is 1340. The van der Waals surface area contributed by atoms with Crippen LogP contribution in [0.15, 0.2) is 51.8 Å². The van der Waals surface area contributed by atoms with Crippen LogP contribution in [0.4, 0.5) is 5.13 Å². The average molecular weight is 646 g/mol. The third kappa shape index (κ3) is 6.73. The van der Waals surface area contributed by atoms with Crippen LogP contribution in [0.2, 0.25) is 0 Å². The number of nitrogens with zero attached hydrogens (tertiary/aromatic N) is 4. The first-order valence-electron chi connectivity index (χ1n) is 12.3. The lowest BCUT2D eigenvalue weighted by Crippen LogP contribution is -2.40. The van der Waals surface area contributed by atoms with Crippen LogP contribution in [0.25, 0.3) is 10.2 Å². The molecule has 1 aromatic heterocycles. The zero-order chi connectivity index (χ0) is 25.8. The molecule has 3 heterocycles. The van der Waals surface area contributed by atoms with Gasteiger partial charge >= 0.3 is 0 Å². The molecule has 0 spiro atoms. The highest BCUT2D eigenvalue weighted by Crippen LogP contribution is 2.32. The monoisotopic (exact) mass is 644 g/mol. The minimum atomic E-state index is -3.63. The maximum Gasteiger partial charge on any atom is 0.260 e. The molecule has 0 radical (unpaired) electrons. The summed E-state index contributed by atoms with van der Waals surface area (Å²) in [4.78, 5) is 22.7. The molecule has 0 aliphatic carbocycles. The van der Waals surface area contributed by atoms with Crippen LogP contribution in [0.3, 0.4) is 0 Å². The molecule has 2 aliphatic heterocycles. The third-order valence-electron chi connectivity index (χ3n) is 6.48. The number of rotatable bonds is 8. The van der Waals surface area contributed by atoms with E-state index in [0.29, 0.717) is 43.5 Å². The first kappa shape index (κ1) is 29.3. The fourth-order valence-electron chi connectivity index (χ4n) is 4.42. The molecule has 9 nitrogen and oxygen atoms in total. The molecule has 2 aliphatic rings. The highest BCUT2D eigenvalue weighted by molar-refractivity contribution is 9.10. The van der Waals surface area contributed by atoms with Crippen LogP contribution in [0, 0.1) is 0 Å². The van der Waals surface area contributed by atoms with E-state index in [2.05, 4.69) is 20.8 Å². The van der Waals surface area contributed by atoms with Gasteiger partial charge in [0, 0.05) is 49.3 Å². The Morgan fingerprint density at radius 1 is 1.00 bits per heavy atom. The Balaban J connectivity index is 0.00000336. The van der Waals surface area contributed by atoms with E-state index >= 15 is 0 Å². The Hall–Kier alpha value is -1.64. The van der Waals surface area contributed by atoms with Crippen molar-refractivity contribution in [1.29, 1.82) is 0 Å². The number of anilines is 1. The molecule has 0 bridgehead atoms. The lowest BCUT2D eigenvalue weighted by Gasteiger charge is -2.28. The second-order valence-electron chi connectivity index (χ2n) is 8.91. The Morgan fingerprint density at radius 2 is 1.66 bits per heavy atom. The number of amides is 1. The molecule has 5 rings (SSSR count). The third-order valence-corrected chi connectivity index (χ3v) is 9.93. The van der Waals surface area contributed by atoms with E-state index in [1.165, 1.54) is 27.8 Å². The molecule has 38 heavy (non-hydrogen) atoms. The number of halogens is 2. The van der Waals surface area contributed by atoms with Gasteiger partial charge in [-0.25, -0.2) is 13.4 Å². The van der Waals surface area contributed by atoms with Crippen molar-refractivity contribution in [2.45, 2.75) is 11.3 Å². The average Bonchev–Trinajstić information content (AvgIpc) is 3.34. The van der Waals surface area contributed by atoms with E-state index in [9.17, 15) is 13.2 Å². The first-order valence-corrected chi connectivity index (χ1v) is 15.3. The van der Waals surface area contributed by atoms with Crippen molar-refractivity contribution in [2.24, 2.45) is 0 Å². The van der Waals surface area contributed by atoms with Crippen molar-refractivity contribution in [3.63, 3.8) is 0 Å². The number of carbonyl (C=O) groups is 1. The van der Waals surface area contributed by atoms with Crippen LogP contribution in [0.5, 0.6) is 0 Å². The Kier molecular flexibility index (Phi) is 10.1. The van der Waals surface area contributed by atoms with Crippen LogP contribution in [-0.2, 0) is 19.5 Å². The first-order chi connectivity index (χ1) is 17.9. The number of ether oxygens (including phenoxy) is 2. The highest BCUT2D eigenvalue weighted by Gasteiger charge is 2.27. The minimum absolute atomic E-state index is 0. The van der Waals surface area contributed by atoms with E-state index in [4.69, 9.17) is 14.5 Å². The van der Waals surface area contributed by atoms with Crippen LogP contribution >= 0.6 is 39.7 Å². The predicted molar refractivity (Wildman–Crippen MR) is 154 cm³/mol. The molecule has 3 aromatic rings. The zero-order valence-electron chi connectivity index (χ0n) is 20.8. The summed E-state index contributed by atoms with van der Waals surface area (Å²) >= 11 is 4.98. The molecule has 0 saturated carbocycles. The number of carbonyl (C=O) groups excluding carboxylic acids is 1. The zero-order valence-corrected chi connectivity index (χ0v) is 24.8. The summed E-state index contributed by atoms with van der Waals surface area (Å²) in [5, 5.41) is 0.630. The maximum absolute atomic E-state index is 13.7. The van der Waals surface area contributed by atoms with Crippen molar-refractivity contribution in [3.05, 3.63) is 52.5 Å². The number of hydrogen-bond donors (Lipinski definition) is 0. The lowest BCUT2D eigenvalue weighted by molar-refractivity contribution is 0.0376. The summed E-state index contributed by atoms with van der Waals surface area (Å²) in [5.74, 6) is -0.199. The Labute approximate surface area is 241 Å². The predicted octanol–water partition coefficient (Wildman–Crippen LogP) is 3.87. The topological polar surface area (TPSA) is 92.3 Å². The van der Waals surface area contributed by atoms with Crippen molar-refractivity contribution in [2.75, 3.05) is 70.6 Å². The van der Waals surface area contributed by atoms with Gasteiger partial charge in [-0.2, -0.15) is 4.31 Å². The fraction of sp³-hybridized carbons (Fsp3) is 0.440. The van der Waals surface area contributed by atoms with E-state index in [1.807, 2.05) is 18.2 Å². The molecule has 13 heteroatoms. The second kappa shape index (κ2) is 13.1. The van der Waals surface area contributed by atoms with Gasteiger partial charge in [0.25, 0.3) is 5.91 Å². The molecule has 2 saturated heterocycles. The largest absolute Gasteiger partial charge is 0.379 e. The molecule has 2 fully saturated rings. The normalized spacial score (nSPS) is 17.3. The van der Waals surface area contributed by atoms with E-state index in [1.54, 1.807) is 17.0 Å². The second-order valence-corrected chi connectivity index (χ2v) is 12.8. The summed E-state index contributed by atoms with van der Waals surface area (Å²) in [6.07, 6.45) is 0.787. The van der Waals surface area contributed by atoms with Crippen LogP contribution in [0.1, 0.15) is 16.8 Å². The van der Waals surface area contributed by atoms with Gasteiger partial charge in [-0.3, -0.25) is 14.6 Å². The van der Waals surface area contributed by atoms with Crippen molar-refractivity contribution < 1.29 is 22.7 Å². The molecule has 0 atom stereocenters. The van der Waals surface area contributed by atoms with Gasteiger partial charge in [-0.1, -0.05) is 27.3 Å². The fourth-order valence-corrected chi connectivity index (χ4v) is 7.37. The maximum atomic E-state index is 13.7. The van der Waals surface area contributed by atoms with Gasteiger partial charge in [-0.15, -0.1) is 12.4 Å². The minimum Gasteiger partial charge on any atom is -0.379 e. The molecular formula is C25H30BrClN4O5S2. The summed E-state index contributed by atoms with van der Waals surface area (Å²) in [6.45, 7) is 6.03. The van der Waals surface area contributed by atoms with E-state index < -0.39 is 10.0 Å². The lowest BCUT2D eigenvalue weighted by atomic mass is 10.2. The van der Waals surface area contributed by atoms with E-state index in [0.717, 1.165) is 54.0 Å². The summed E-state index contributed by atoms with van der Waals surface area (Å²) in [5.41, 5.74) is 1.26. The van der Waals surface area contributed by atoms with Crippen LogP contribution in [-0.4, -0.2) is 94.2 Å². The van der Waals surface area contributed by atoms with Crippen molar-refractivity contribution in [3.8, 4) is 0 Å². The number of thiazole rings is 1. The van der Waals surface area contributed by atoms with Gasteiger partial charge in [0.2, 0.25) is 10.0 Å². The molecule has 2 aromatic carbocycles. The van der Waals surface area contributed by atoms with Gasteiger partial charge in [-0.05, 0) is 48.9 Å². The van der Waals surface area contributed by atoms with Gasteiger partial charge in [0.1, 0.15) is 0 Å². The van der Waals surface area contributed by atoms with Gasteiger partial charge in [0.05, 0.1) is 41.5 Å². The molecular weight excluding hydrogens is 616 g/mol. The number of aromatic nitrogens is 1. The highest BCUT2D eigenvalue weighted by atomic mass is 79.9. The van der Waals surface area contributed by atoms with Crippen molar-refractivity contribution >= 4 is 71.0 Å². The standard InChI is InChI=1S/C25H29BrN4O5S2.ClH/c26-20-4-7-22-23(18-20)36-25(27-22)30(9-1-8-28-10-14-34-15-11-28)24(31)19-2-5-21(6-3-19)37(32,33)29-12-16-35-17-13-29;/h2-7,18H,1,8-17H2;1H. The number of benzene rings is 2. The van der Waals surface area contributed by atoms with E-state index in [-0.39, 0.29) is 23.2 Å². The molecule has 206 valence electrons. The number of fused-ring (bicyclic) bond motifs is 1. The molecule has 1 amide bonds.